The van der Waals surface area contributed by atoms with Crippen LogP contribution < -0.4 is 9.62 Å². The lowest BCUT2D eigenvalue weighted by Gasteiger charge is -2.28. The third-order valence-corrected chi connectivity index (χ3v) is 6.48. The molecule has 0 spiro atoms. The monoisotopic (exact) mass is 379 g/mol. The van der Waals surface area contributed by atoms with Crippen LogP contribution in [0.2, 0.25) is 0 Å². The van der Waals surface area contributed by atoms with Crippen molar-refractivity contribution in [3.8, 4) is 0 Å². The number of anilines is 1. The number of sulfonamides is 1. The van der Waals surface area contributed by atoms with Gasteiger partial charge in [0.1, 0.15) is 0 Å². The number of aryl methyl sites for hydroxylation is 2. The van der Waals surface area contributed by atoms with Crippen LogP contribution in [0, 0.1) is 6.92 Å². The van der Waals surface area contributed by atoms with Crippen molar-refractivity contribution in [1.29, 1.82) is 0 Å². The van der Waals surface area contributed by atoms with Crippen molar-refractivity contribution < 1.29 is 13.2 Å². The lowest BCUT2D eigenvalue weighted by molar-refractivity contribution is -0.116. The number of hydrogen-bond acceptors (Lipinski definition) is 5. The summed E-state index contributed by atoms with van der Waals surface area (Å²) in [6.45, 7) is 4.44. The molecule has 0 saturated carbocycles. The number of hydrogen-bond donors (Lipinski definition) is 1. The molecule has 0 atom stereocenters. The minimum absolute atomic E-state index is 0.0201. The summed E-state index contributed by atoms with van der Waals surface area (Å²) >= 11 is 1.56. The Balaban J connectivity index is 1.73. The van der Waals surface area contributed by atoms with E-state index in [9.17, 15) is 13.2 Å². The number of nitrogens with one attached hydrogen (secondary N) is 1. The Morgan fingerprint density at radius 2 is 2.20 bits per heavy atom. The lowest BCUT2D eigenvalue weighted by atomic mass is 10.0. The van der Waals surface area contributed by atoms with Crippen LogP contribution in [0.4, 0.5) is 5.69 Å². The van der Waals surface area contributed by atoms with Gasteiger partial charge < -0.3 is 4.90 Å². The molecule has 0 saturated heterocycles. The number of aromatic nitrogens is 1. The molecule has 0 radical (unpaired) electrons. The molecule has 1 aliphatic heterocycles. The van der Waals surface area contributed by atoms with Crippen LogP contribution in [-0.2, 0) is 27.7 Å². The first-order valence-corrected chi connectivity index (χ1v) is 10.5. The summed E-state index contributed by atoms with van der Waals surface area (Å²) in [4.78, 5) is 18.0. The van der Waals surface area contributed by atoms with Crippen LogP contribution >= 0.6 is 11.3 Å². The molecule has 2 aromatic rings. The Bertz CT molecular complexity index is 890. The van der Waals surface area contributed by atoms with E-state index in [0.717, 1.165) is 34.8 Å². The van der Waals surface area contributed by atoms with Crippen molar-refractivity contribution in [2.24, 2.45) is 0 Å². The van der Waals surface area contributed by atoms with Crippen molar-refractivity contribution in [2.45, 2.75) is 38.0 Å². The van der Waals surface area contributed by atoms with E-state index in [0.29, 0.717) is 19.5 Å². The van der Waals surface area contributed by atoms with Crippen LogP contribution in [0.3, 0.4) is 0 Å². The van der Waals surface area contributed by atoms with Gasteiger partial charge in [0, 0.05) is 37.5 Å². The molecule has 0 unspecified atom stereocenters. The van der Waals surface area contributed by atoms with Gasteiger partial charge in [-0.25, -0.2) is 18.1 Å². The molecule has 1 N–H and O–H groups in total. The summed E-state index contributed by atoms with van der Waals surface area (Å²) in [5.74, 6) is -0.0201. The zero-order valence-corrected chi connectivity index (χ0v) is 15.9. The molecule has 1 aromatic heterocycles. The molecule has 1 aromatic carbocycles. The van der Waals surface area contributed by atoms with E-state index in [1.54, 1.807) is 34.4 Å². The minimum atomic E-state index is -3.57. The van der Waals surface area contributed by atoms with Gasteiger partial charge in [-0.15, -0.1) is 11.3 Å². The van der Waals surface area contributed by atoms with E-state index in [2.05, 4.69) is 9.71 Å². The molecular weight excluding hydrogens is 358 g/mol. The third kappa shape index (κ3) is 4.08. The summed E-state index contributed by atoms with van der Waals surface area (Å²) in [5.41, 5.74) is 2.61. The molecule has 0 bridgehead atoms. The SMILES string of the molecule is CC(=O)N1CCCc2cc(S(=O)(=O)NCCc3csc(C)n3)ccc21. The molecule has 2 heterocycles. The predicted molar refractivity (Wildman–Crippen MR) is 98.5 cm³/mol. The molecule has 1 aliphatic rings. The number of nitrogens with zero attached hydrogens (tertiary/aromatic N) is 2. The highest BCUT2D eigenvalue weighted by atomic mass is 32.2. The summed E-state index contributed by atoms with van der Waals surface area (Å²) in [5, 5.41) is 2.92. The lowest BCUT2D eigenvalue weighted by Crippen LogP contribution is -2.33. The fourth-order valence-corrected chi connectivity index (χ4v) is 4.72. The molecule has 134 valence electrons. The van der Waals surface area contributed by atoms with E-state index in [1.165, 1.54) is 6.92 Å². The Morgan fingerprint density at radius 1 is 1.40 bits per heavy atom. The topological polar surface area (TPSA) is 79.4 Å². The zero-order valence-electron chi connectivity index (χ0n) is 14.3. The standard InChI is InChI=1S/C17H21N3O3S2/c1-12-19-15(11-24-12)7-8-18-25(22,23)16-5-6-17-14(10-16)4-3-9-20(17)13(2)21/h5-6,10-11,18H,3-4,7-9H2,1-2H3. The normalized spacial score (nSPS) is 14.4. The summed E-state index contributed by atoms with van der Waals surface area (Å²) in [6.07, 6.45) is 2.18. The van der Waals surface area contributed by atoms with E-state index in [-0.39, 0.29) is 10.8 Å². The molecule has 1 amide bonds. The highest BCUT2D eigenvalue weighted by molar-refractivity contribution is 7.89. The van der Waals surface area contributed by atoms with Crippen LogP contribution in [0.1, 0.15) is 29.6 Å². The van der Waals surface area contributed by atoms with Gasteiger partial charge in [0.15, 0.2) is 0 Å². The second kappa shape index (κ2) is 7.23. The largest absolute Gasteiger partial charge is 0.312 e. The first-order valence-electron chi connectivity index (χ1n) is 8.18. The number of rotatable bonds is 5. The molecular formula is C17H21N3O3S2. The van der Waals surface area contributed by atoms with Crippen molar-refractivity contribution in [2.75, 3.05) is 18.0 Å². The number of thiazole rings is 1. The van der Waals surface area contributed by atoms with Gasteiger partial charge in [0.05, 0.1) is 15.6 Å². The van der Waals surface area contributed by atoms with Gasteiger partial charge in [0.2, 0.25) is 15.9 Å². The third-order valence-electron chi connectivity index (χ3n) is 4.20. The molecule has 6 nitrogen and oxygen atoms in total. The van der Waals surface area contributed by atoms with E-state index < -0.39 is 10.0 Å². The number of carbonyl (C=O) groups is 1. The van der Waals surface area contributed by atoms with Gasteiger partial charge in [0.25, 0.3) is 0 Å². The van der Waals surface area contributed by atoms with Crippen LogP contribution in [0.25, 0.3) is 0 Å². The highest BCUT2D eigenvalue weighted by Gasteiger charge is 2.22. The average molecular weight is 380 g/mol. The predicted octanol–water partition coefficient (Wildman–Crippen LogP) is 2.27. The second-order valence-electron chi connectivity index (χ2n) is 6.07. The first-order chi connectivity index (χ1) is 11.9. The number of benzene rings is 1. The summed E-state index contributed by atoms with van der Waals surface area (Å²) in [7, 11) is -3.57. The van der Waals surface area contributed by atoms with Crippen molar-refractivity contribution in [3.05, 3.63) is 39.8 Å². The highest BCUT2D eigenvalue weighted by Crippen LogP contribution is 2.29. The molecule has 3 rings (SSSR count). The second-order valence-corrected chi connectivity index (χ2v) is 8.90. The maximum Gasteiger partial charge on any atom is 0.240 e. The van der Waals surface area contributed by atoms with E-state index in [4.69, 9.17) is 0 Å². The summed E-state index contributed by atoms with van der Waals surface area (Å²) < 4.78 is 27.7. The van der Waals surface area contributed by atoms with Crippen LogP contribution in [0.5, 0.6) is 0 Å². The Hall–Kier alpha value is -1.77. The van der Waals surface area contributed by atoms with E-state index in [1.807, 2.05) is 12.3 Å². The number of amides is 1. The van der Waals surface area contributed by atoms with Gasteiger partial charge >= 0.3 is 0 Å². The zero-order chi connectivity index (χ0) is 18.0. The van der Waals surface area contributed by atoms with Crippen molar-refractivity contribution in [1.82, 2.24) is 9.71 Å². The molecule has 8 heteroatoms. The smallest absolute Gasteiger partial charge is 0.240 e. The molecule has 0 aliphatic carbocycles. The van der Waals surface area contributed by atoms with E-state index >= 15 is 0 Å². The van der Waals surface area contributed by atoms with Gasteiger partial charge in [-0.1, -0.05) is 0 Å². The maximum absolute atomic E-state index is 12.5. The quantitative estimate of drug-likeness (QED) is 0.864. The Labute approximate surface area is 151 Å². The van der Waals surface area contributed by atoms with Gasteiger partial charge in [-0.2, -0.15) is 0 Å². The Kier molecular flexibility index (Phi) is 5.21. The molecule has 0 fully saturated rings. The van der Waals surface area contributed by atoms with Gasteiger partial charge in [-0.05, 0) is 43.5 Å². The Morgan fingerprint density at radius 3 is 2.88 bits per heavy atom. The summed E-state index contributed by atoms with van der Waals surface area (Å²) in [6, 6.07) is 4.98. The molecule has 25 heavy (non-hydrogen) atoms. The van der Waals surface area contributed by atoms with Crippen LogP contribution in [0.15, 0.2) is 28.5 Å². The van der Waals surface area contributed by atoms with Crippen molar-refractivity contribution in [3.63, 3.8) is 0 Å². The van der Waals surface area contributed by atoms with Crippen LogP contribution in [-0.4, -0.2) is 32.4 Å². The number of carbonyl (C=O) groups excluding carboxylic acids is 1. The van der Waals surface area contributed by atoms with Crippen molar-refractivity contribution >= 4 is 33.0 Å². The first kappa shape index (κ1) is 18.0. The van der Waals surface area contributed by atoms with Gasteiger partial charge in [-0.3, -0.25) is 4.79 Å². The number of fused-ring (bicyclic) bond motifs is 1. The fraction of sp³-hybridized carbons (Fsp3) is 0.412. The minimum Gasteiger partial charge on any atom is -0.312 e. The average Bonchev–Trinajstić information content (AvgIpc) is 2.98. The maximum atomic E-state index is 12.5. The fourth-order valence-electron chi connectivity index (χ4n) is 2.99.